The van der Waals surface area contributed by atoms with Crippen molar-refractivity contribution in [2.75, 3.05) is 24.2 Å². The van der Waals surface area contributed by atoms with E-state index in [2.05, 4.69) is 25.9 Å². The molecule has 0 spiro atoms. The molecule has 1 aromatic heterocycles. The second-order valence-corrected chi connectivity index (χ2v) is 4.70. The number of nitrogens with zero attached hydrogens (tertiary/aromatic N) is 2. The van der Waals surface area contributed by atoms with Gasteiger partial charge in [0.05, 0.1) is 0 Å². The Bertz CT molecular complexity index is 474. The van der Waals surface area contributed by atoms with Gasteiger partial charge in [-0.25, -0.2) is 9.97 Å². The van der Waals surface area contributed by atoms with Gasteiger partial charge >= 0.3 is 0 Å². The van der Waals surface area contributed by atoms with Gasteiger partial charge < -0.3 is 16.0 Å². The molecule has 2 heterocycles. The molecule has 0 aliphatic carbocycles. The molecule has 0 aromatic carbocycles. The van der Waals surface area contributed by atoms with Crippen LogP contribution in [0, 0.1) is 6.92 Å². The molecule has 1 saturated heterocycles. The summed E-state index contributed by atoms with van der Waals surface area (Å²) in [5.41, 5.74) is 0.943. The van der Waals surface area contributed by atoms with E-state index in [1.54, 1.807) is 0 Å². The molecule has 0 radical (unpaired) electrons. The first-order valence-electron chi connectivity index (χ1n) is 6.75. The third kappa shape index (κ3) is 2.94. The van der Waals surface area contributed by atoms with Crippen LogP contribution in [0.5, 0.6) is 0 Å². The highest BCUT2D eigenvalue weighted by Crippen LogP contribution is 2.21. The third-order valence-corrected chi connectivity index (χ3v) is 3.34. The number of nitrogens with one attached hydrogen (secondary N) is 3. The van der Waals surface area contributed by atoms with Gasteiger partial charge in [0.25, 0.3) is 0 Å². The lowest BCUT2D eigenvalue weighted by Crippen LogP contribution is -2.44. The summed E-state index contributed by atoms with van der Waals surface area (Å²) in [6.45, 7) is 4.73. The summed E-state index contributed by atoms with van der Waals surface area (Å²) in [7, 11) is 1.84. The maximum Gasteiger partial charge on any atom is 0.242 e. The van der Waals surface area contributed by atoms with Crippen LogP contribution in [0.2, 0.25) is 0 Å². The zero-order valence-electron chi connectivity index (χ0n) is 11.7. The van der Waals surface area contributed by atoms with Crippen molar-refractivity contribution < 1.29 is 4.79 Å². The molecule has 1 atom stereocenters. The lowest BCUT2D eigenvalue weighted by molar-refractivity contribution is -0.123. The van der Waals surface area contributed by atoms with Gasteiger partial charge in [0.1, 0.15) is 23.5 Å². The number of aryl methyl sites for hydroxylation is 1. The van der Waals surface area contributed by atoms with Crippen molar-refractivity contribution in [3.8, 4) is 0 Å². The molecule has 0 bridgehead atoms. The van der Waals surface area contributed by atoms with Gasteiger partial charge in [-0.05, 0) is 19.8 Å². The molecule has 1 fully saturated rings. The van der Waals surface area contributed by atoms with Gasteiger partial charge in [0, 0.05) is 25.6 Å². The zero-order valence-corrected chi connectivity index (χ0v) is 11.7. The van der Waals surface area contributed by atoms with E-state index in [0.717, 1.165) is 48.8 Å². The van der Waals surface area contributed by atoms with Crippen LogP contribution in [0.4, 0.5) is 11.6 Å². The summed E-state index contributed by atoms with van der Waals surface area (Å²) < 4.78 is 0. The van der Waals surface area contributed by atoms with Crippen LogP contribution in [0.1, 0.15) is 31.2 Å². The highest BCUT2D eigenvalue weighted by molar-refractivity contribution is 5.85. The Balaban J connectivity index is 2.25. The van der Waals surface area contributed by atoms with Crippen molar-refractivity contribution in [2.45, 2.75) is 39.2 Å². The maximum atomic E-state index is 11.8. The van der Waals surface area contributed by atoms with Gasteiger partial charge in [-0.15, -0.1) is 0 Å². The molecule has 1 unspecified atom stereocenters. The number of rotatable bonds is 4. The predicted octanol–water partition coefficient (Wildman–Crippen LogP) is 1.08. The number of carbonyl (C=O) groups excluding carboxylic acids is 1. The Morgan fingerprint density at radius 2 is 2.11 bits per heavy atom. The number of hydrogen-bond acceptors (Lipinski definition) is 5. The van der Waals surface area contributed by atoms with Crippen molar-refractivity contribution in [3.05, 3.63) is 11.4 Å². The maximum absolute atomic E-state index is 11.8. The van der Waals surface area contributed by atoms with Crippen LogP contribution in [-0.2, 0) is 11.2 Å². The Hall–Kier alpha value is -1.85. The molecule has 2 rings (SSSR count). The summed E-state index contributed by atoms with van der Waals surface area (Å²) in [5.74, 6) is 2.38. The Morgan fingerprint density at radius 1 is 1.37 bits per heavy atom. The lowest BCUT2D eigenvalue weighted by Gasteiger charge is -2.24. The van der Waals surface area contributed by atoms with Gasteiger partial charge in [-0.2, -0.15) is 0 Å². The molecule has 3 N–H and O–H groups in total. The number of carbonyl (C=O) groups is 1. The minimum atomic E-state index is -0.197. The lowest BCUT2D eigenvalue weighted by atomic mass is 10.1. The third-order valence-electron chi connectivity index (χ3n) is 3.34. The predicted molar refractivity (Wildman–Crippen MR) is 75.3 cm³/mol. The van der Waals surface area contributed by atoms with E-state index in [1.165, 1.54) is 0 Å². The van der Waals surface area contributed by atoms with Crippen LogP contribution in [-0.4, -0.2) is 35.5 Å². The normalized spacial score (nSPS) is 18.9. The molecule has 104 valence electrons. The molecule has 1 aromatic rings. The van der Waals surface area contributed by atoms with Crippen LogP contribution < -0.4 is 16.0 Å². The topological polar surface area (TPSA) is 78.9 Å². The SMILES string of the molecule is CCc1nc(NC)c(C)c(NC2CCCNC2=O)n1. The van der Waals surface area contributed by atoms with Crippen LogP contribution in [0.15, 0.2) is 0 Å². The van der Waals surface area contributed by atoms with Crippen molar-refractivity contribution in [3.63, 3.8) is 0 Å². The van der Waals surface area contributed by atoms with E-state index in [9.17, 15) is 4.79 Å². The Labute approximate surface area is 113 Å². The molecule has 6 nitrogen and oxygen atoms in total. The van der Waals surface area contributed by atoms with Gasteiger partial charge in [-0.1, -0.05) is 6.92 Å². The Morgan fingerprint density at radius 3 is 2.74 bits per heavy atom. The molecule has 1 aliphatic rings. The minimum absolute atomic E-state index is 0.0494. The number of anilines is 2. The van der Waals surface area contributed by atoms with Crippen molar-refractivity contribution in [1.82, 2.24) is 15.3 Å². The monoisotopic (exact) mass is 263 g/mol. The summed E-state index contributed by atoms with van der Waals surface area (Å²) in [5, 5.41) is 9.18. The largest absolute Gasteiger partial charge is 0.373 e. The second kappa shape index (κ2) is 5.86. The fourth-order valence-electron chi connectivity index (χ4n) is 2.18. The highest BCUT2D eigenvalue weighted by Gasteiger charge is 2.23. The van der Waals surface area contributed by atoms with E-state index in [1.807, 2.05) is 20.9 Å². The first-order chi connectivity index (χ1) is 9.15. The molecule has 0 saturated carbocycles. The standard InChI is InChI=1S/C13H21N5O/c1-4-10-17-11(14-3)8(2)12(18-10)16-9-6-5-7-15-13(9)19/h9H,4-7H2,1-3H3,(H,15,19)(H2,14,16,17,18). The van der Waals surface area contributed by atoms with Crippen LogP contribution >= 0.6 is 0 Å². The molecule has 1 amide bonds. The van der Waals surface area contributed by atoms with E-state index < -0.39 is 0 Å². The Kier molecular flexibility index (Phi) is 4.19. The minimum Gasteiger partial charge on any atom is -0.373 e. The van der Waals surface area contributed by atoms with Gasteiger partial charge in [-0.3, -0.25) is 4.79 Å². The first-order valence-corrected chi connectivity index (χ1v) is 6.75. The molecule has 6 heteroatoms. The second-order valence-electron chi connectivity index (χ2n) is 4.70. The highest BCUT2D eigenvalue weighted by atomic mass is 16.2. The van der Waals surface area contributed by atoms with Crippen molar-refractivity contribution in [1.29, 1.82) is 0 Å². The van der Waals surface area contributed by atoms with E-state index in [0.29, 0.717) is 0 Å². The van der Waals surface area contributed by atoms with Crippen molar-refractivity contribution in [2.24, 2.45) is 0 Å². The smallest absolute Gasteiger partial charge is 0.242 e. The fourth-order valence-corrected chi connectivity index (χ4v) is 2.18. The van der Waals surface area contributed by atoms with E-state index >= 15 is 0 Å². The average molecular weight is 263 g/mol. The van der Waals surface area contributed by atoms with E-state index in [4.69, 9.17) is 0 Å². The number of aromatic nitrogens is 2. The summed E-state index contributed by atoms with van der Waals surface area (Å²) in [6.07, 6.45) is 2.60. The summed E-state index contributed by atoms with van der Waals surface area (Å²) in [6, 6.07) is -0.197. The summed E-state index contributed by atoms with van der Waals surface area (Å²) >= 11 is 0. The quantitative estimate of drug-likeness (QED) is 0.757. The summed E-state index contributed by atoms with van der Waals surface area (Å²) in [4.78, 5) is 20.7. The van der Waals surface area contributed by atoms with Crippen LogP contribution in [0.25, 0.3) is 0 Å². The number of piperidine rings is 1. The number of hydrogen-bond donors (Lipinski definition) is 3. The van der Waals surface area contributed by atoms with E-state index in [-0.39, 0.29) is 11.9 Å². The molecule has 19 heavy (non-hydrogen) atoms. The van der Waals surface area contributed by atoms with Gasteiger partial charge in [0.2, 0.25) is 5.91 Å². The fraction of sp³-hybridized carbons (Fsp3) is 0.615. The van der Waals surface area contributed by atoms with Crippen molar-refractivity contribution >= 4 is 17.5 Å². The molecule has 1 aliphatic heterocycles. The zero-order chi connectivity index (χ0) is 13.8. The first kappa shape index (κ1) is 13.6. The number of amides is 1. The molecular formula is C13H21N5O. The molecular weight excluding hydrogens is 242 g/mol. The van der Waals surface area contributed by atoms with Crippen LogP contribution in [0.3, 0.4) is 0 Å². The average Bonchev–Trinajstić information content (AvgIpc) is 2.43. The van der Waals surface area contributed by atoms with Gasteiger partial charge in [0.15, 0.2) is 0 Å².